The maximum absolute atomic E-state index is 13.0. The van der Waals surface area contributed by atoms with Crippen molar-refractivity contribution in [2.24, 2.45) is 0 Å². The second-order valence-corrected chi connectivity index (χ2v) is 6.87. The van der Waals surface area contributed by atoms with E-state index in [4.69, 9.17) is 12.2 Å². The number of likely N-dealkylation sites (tertiary alicyclic amines) is 1. The first kappa shape index (κ1) is 18.3. The summed E-state index contributed by atoms with van der Waals surface area (Å²) in [4.78, 5) is 14.4. The van der Waals surface area contributed by atoms with E-state index in [-0.39, 0.29) is 17.8 Å². The Morgan fingerprint density at radius 2 is 1.77 bits per heavy atom. The van der Waals surface area contributed by atoms with Crippen LogP contribution in [0.2, 0.25) is 0 Å². The van der Waals surface area contributed by atoms with E-state index >= 15 is 0 Å². The minimum absolute atomic E-state index is 0.102. The Morgan fingerprint density at radius 1 is 1.12 bits per heavy atom. The van der Waals surface area contributed by atoms with Crippen molar-refractivity contribution in [1.82, 2.24) is 10.2 Å². The maximum atomic E-state index is 13.0. The molecule has 1 fully saturated rings. The third kappa shape index (κ3) is 4.58. The fourth-order valence-electron chi connectivity index (χ4n) is 3.00. The number of nitrogens with one attached hydrogen (secondary N) is 2. The number of halogens is 1. The molecule has 1 aliphatic heterocycles. The van der Waals surface area contributed by atoms with Crippen LogP contribution in [0.5, 0.6) is 0 Å². The zero-order valence-corrected chi connectivity index (χ0v) is 15.5. The summed E-state index contributed by atoms with van der Waals surface area (Å²) >= 11 is 5.52. The second-order valence-electron chi connectivity index (χ2n) is 6.49. The Kier molecular flexibility index (Phi) is 5.83. The molecule has 0 saturated carbocycles. The van der Waals surface area contributed by atoms with Gasteiger partial charge in [-0.15, -0.1) is 0 Å². The molecule has 1 aliphatic rings. The molecule has 3 rings (SSSR count). The molecule has 0 atom stereocenters. The molecule has 0 bridgehead atoms. The summed E-state index contributed by atoms with van der Waals surface area (Å²) in [5.41, 5.74) is 2.64. The van der Waals surface area contributed by atoms with Gasteiger partial charge in [0.25, 0.3) is 5.91 Å². The zero-order valence-electron chi connectivity index (χ0n) is 14.7. The summed E-state index contributed by atoms with van der Waals surface area (Å²) in [5, 5.41) is 7.03. The molecule has 1 saturated heterocycles. The van der Waals surface area contributed by atoms with Crippen molar-refractivity contribution in [3.8, 4) is 0 Å². The van der Waals surface area contributed by atoms with Crippen LogP contribution >= 0.6 is 12.2 Å². The number of rotatable bonds is 3. The molecule has 2 N–H and O–H groups in total. The van der Waals surface area contributed by atoms with Crippen molar-refractivity contribution in [1.29, 1.82) is 0 Å². The number of carbonyl (C=O) groups excluding carboxylic acids is 1. The number of para-hydroxylation sites is 1. The molecule has 4 nitrogen and oxygen atoms in total. The highest BCUT2D eigenvalue weighted by Crippen LogP contribution is 2.17. The number of thiocarbonyl (C=S) groups is 1. The van der Waals surface area contributed by atoms with E-state index in [1.807, 2.05) is 31.2 Å². The van der Waals surface area contributed by atoms with E-state index in [0.29, 0.717) is 10.7 Å². The second kappa shape index (κ2) is 8.27. The van der Waals surface area contributed by atoms with Crippen molar-refractivity contribution < 1.29 is 9.18 Å². The lowest BCUT2D eigenvalue weighted by Gasteiger charge is -2.34. The molecule has 26 heavy (non-hydrogen) atoms. The molecule has 0 spiro atoms. The number of anilines is 1. The van der Waals surface area contributed by atoms with E-state index in [9.17, 15) is 9.18 Å². The van der Waals surface area contributed by atoms with E-state index in [2.05, 4.69) is 15.5 Å². The van der Waals surface area contributed by atoms with Gasteiger partial charge in [0.05, 0.1) is 0 Å². The molecule has 0 unspecified atom stereocenters. The minimum Gasteiger partial charge on any atom is -0.349 e. The lowest BCUT2D eigenvalue weighted by molar-refractivity contribution is 0.0922. The van der Waals surface area contributed by atoms with Crippen molar-refractivity contribution in [3.05, 3.63) is 65.5 Å². The lowest BCUT2D eigenvalue weighted by atomic mass is 10.0. The number of piperidine rings is 1. The SMILES string of the molecule is Cc1ccccc1NC(=S)N1CCC(NC(=O)c2ccc(F)cc2)CC1. The maximum Gasteiger partial charge on any atom is 0.251 e. The summed E-state index contributed by atoms with van der Waals surface area (Å²) in [6, 6.07) is 13.7. The largest absolute Gasteiger partial charge is 0.349 e. The predicted octanol–water partition coefficient (Wildman–Crippen LogP) is 3.73. The van der Waals surface area contributed by atoms with Crippen LogP contribution in [-0.4, -0.2) is 35.1 Å². The summed E-state index contributed by atoms with van der Waals surface area (Å²) in [5.74, 6) is -0.506. The predicted molar refractivity (Wildman–Crippen MR) is 106 cm³/mol. The molecule has 0 aromatic heterocycles. The van der Waals surface area contributed by atoms with Gasteiger partial charge in [0.1, 0.15) is 5.82 Å². The van der Waals surface area contributed by atoms with Gasteiger partial charge < -0.3 is 15.5 Å². The fraction of sp³-hybridized carbons (Fsp3) is 0.300. The van der Waals surface area contributed by atoms with Crippen LogP contribution in [0, 0.1) is 12.7 Å². The average molecular weight is 371 g/mol. The summed E-state index contributed by atoms with van der Waals surface area (Å²) in [6.45, 7) is 3.61. The number of hydrogen-bond acceptors (Lipinski definition) is 2. The van der Waals surface area contributed by atoms with Crippen molar-refractivity contribution >= 4 is 28.9 Å². The van der Waals surface area contributed by atoms with Gasteiger partial charge >= 0.3 is 0 Å². The molecule has 1 heterocycles. The average Bonchev–Trinajstić information content (AvgIpc) is 2.64. The first-order chi connectivity index (χ1) is 12.5. The van der Waals surface area contributed by atoms with Gasteiger partial charge in [-0.3, -0.25) is 4.79 Å². The number of amides is 1. The first-order valence-corrected chi connectivity index (χ1v) is 9.12. The van der Waals surface area contributed by atoms with Crippen LogP contribution in [0.25, 0.3) is 0 Å². The third-order valence-corrected chi connectivity index (χ3v) is 4.97. The summed E-state index contributed by atoms with van der Waals surface area (Å²) in [7, 11) is 0. The molecule has 136 valence electrons. The Labute approximate surface area is 158 Å². The quantitative estimate of drug-likeness (QED) is 0.807. The normalized spacial score (nSPS) is 14.8. The lowest BCUT2D eigenvalue weighted by Crippen LogP contribution is -2.47. The van der Waals surface area contributed by atoms with Gasteiger partial charge in [0.2, 0.25) is 0 Å². The molecular weight excluding hydrogens is 349 g/mol. The molecule has 1 amide bonds. The van der Waals surface area contributed by atoms with Crippen LogP contribution in [0.1, 0.15) is 28.8 Å². The van der Waals surface area contributed by atoms with Gasteiger partial charge in [-0.2, -0.15) is 0 Å². The fourth-order valence-corrected chi connectivity index (χ4v) is 3.30. The Hall–Kier alpha value is -2.47. The summed E-state index contributed by atoms with van der Waals surface area (Å²) in [6.07, 6.45) is 1.64. The first-order valence-electron chi connectivity index (χ1n) is 8.71. The van der Waals surface area contributed by atoms with Crippen LogP contribution in [0.3, 0.4) is 0 Å². The molecule has 2 aromatic carbocycles. The number of benzene rings is 2. The van der Waals surface area contributed by atoms with Gasteiger partial charge in [-0.05, 0) is 67.9 Å². The highest BCUT2D eigenvalue weighted by Gasteiger charge is 2.22. The molecular formula is C20H22FN3OS. The van der Waals surface area contributed by atoms with Gasteiger partial charge in [0.15, 0.2) is 5.11 Å². The molecule has 0 radical (unpaired) electrons. The van der Waals surface area contributed by atoms with Gasteiger partial charge in [0, 0.05) is 30.4 Å². The van der Waals surface area contributed by atoms with E-state index in [1.165, 1.54) is 24.3 Å². The number of hydrogen-bond donors (Lipinski definition) is 2. The van der Waals surface area contributed by atoms with Crippen molar-refractivity contribution in [3.63, 3.8) is 0 Å². The summed E-state index contributed by atoms with van der Waals surface area (Å²) < 4.78 is 13.0. The Morgan fingerprint density at radius 3 is 2.42 bits per heavy atom. The van der Waals surface area contributed by atoms with Crippen molar-refractivity contribution in [2.75, 3.05) is 18.4 Å². The van der Waals surface area contributed by atoms with Crippen LogP contribution in [0.15, 0.2) is 48.5 Å². The molecule has 6 heteroatoms. The topological polar surface area (TPSA) is 44.4 Å². The standard InChI is InChI=1S/C20H22FN3OS/c1-14-4-2-3-5-18(14)23-20(26)24-12-10-17(11-13-24)22-19(25)15-6-8-16(21)9-7-15/h2-9,17H,10-13H2,1H3,(H,22,25)(H,23,26). The monoisotopic (exact) mass is 371 g/mol. The highest BCUT2D eigenvalue weighted by atomic mass is 32.1. The van der Waals surface area contributed by atoms with Crippen LogP contribution < -0.4 is 10.6 Å². The van der Waals surface area contributed by atoms with E-state index in [0.717, 1.165) is 37.2 Å². The number of nitrogens with zero attached hydrogens (tertiary/aromatic N) is 1. The van der Waals surface area contributed by atoms with Gasteiger partial charge in [-0.1, -0.05) is 18.2 Å². The smallest absolute Gasteiger partial charge is 0.251 e. The Bertz CT molecular complexity index is 786. The van der Waals surface area contributed by atoms with Crippen molar-refractivity contribution in [2.45, 2.75) is 25.8 Å². The number of aryl methyl sites for hydroxylation is 1. The molecule has 2 aromatic rings. The van der Waals surface area contributed by atoms with Crippen LogP contribution in [0.4, 0.5) is 10.1 Å². The van der Waals surface area contributed by atoms with Crippen LogP contribution in [-0.2, 0) is 0 Å². The number of carbonyl (C=O) groups is 1. The third-order valence-electron chi connectivity index (χ3n) is 4.61. The van der Waals surface area contributed by atoms with E-state index in [1.54, 1.807) is 0 Å². The minimum atomic E-state index is -0.343. The van der Waals surface area contributed by atoms with E-state index < -0.39 is 0 Å². The van der Waals surface area contributed by atoms with Gasteiger partial charge in [-0.25, -0.2) is 4.39 Å². The Balaban J connectivity index is 1.49. The zero-order chi connectivity index (χ0) is 18.5. The molecule has 0 aliphatic carbocycles. The highest BCUT2D eigenvalue weighted by molar-refractivity contribution is 7.80.